The van der Waals surface area contributed by atoms with Crippen LogP contribution in [0, 0.1) is 0 Å². The second-order valence-electron chi connectivity index (χ2n) is 7.63. The summed E-state index contributed by atoms with van der Waals surface area (Å²) >= 11 is 0. The smallest absolute Gasteiger partial charge is 0.250 e. The number of halogens is 1. The number of pyridine rings is 1. The number of hydrogen-bond acceptors (Lipinski definition) is 3. The van der Waals surface area contributed by atoms with Crippen molar-refractivity contribution >= 4 is 29.9 Å². The van der Waals surface area contributed by atoms with Gasteiger partial charge in [0.25, 0.3) is 5.56 Å². The van der Waals surface area contributed by atoms with Crippen LogP contribution in [0.3, 0.4) is 0 Å². The van der Waals surface area contributed by atoms with Gasteiger partial charge in [0.1, 0.15) is 5.75 Å². The molecule has 168 valence electrons. The zero-order valence-corrected chi connectivity index (χ0v) is 20.5. The standard InChI is InChI=1S/C25H28N4O2.HI/c1-26-25(27-13-11-19-9-10-23-22(16-19)12-15-31-23)28-17-20-5-7-21(8-6-20)18-29-14-3-2-4-24(29)30;/h2-10,14,16H,11-13,15,17-18H2,1H3,(H2,26,27,28);1H. The molecule has 0 saturated carbocycles. The fraction of sp³-hybridized carbons (Fsp3) is 0.280. The average molecular weight is 544 g/mol. The van der Waals surface area contributed by atoms with Crippen LogP contribution in [0.25, 0.3) is 0 Å². The third-order valence-corrected chi connectivity index (χ3v) is 5.42. The van der Waals surface area contributed by atoms with Crippen molar-refractivity contribution in [3.8, 4) is 5.75 Å². The van der Waals surface area contributed by atoms with Crippen molar-refractivity contribution in [1.82, 2.24) is 15.2 Å². The minimum Gasteiger partial charge on any atom is -0.493 e. The zero-order chi connectivity index (χ0) is 21.5. The maximum absolute atomic E-state index is 11.9. The van der Waals surface area contributed by atoms with Crippen LogP contribution in [-0.4, -0.2) is 30.7 Å². The van der Waals surface area contributed by atoms with Crippen molar-refractivity contribution in [3.63, 3.8) is 0 Å². The van der Waals surface area contributed by atoms with E-state index in [1.807, 2.05) is 12.3 Å². The van der Waals surface area contributed by atoms with Gasteiger partial charge in [0.05, 0.1) is 13.2 Å². The first kappa shape index (κ1) is 23.8. The molecule has 32 heavy (non-hydrogen) atoms. The molecule has 0 radical (unpaired) electrons. The molecule has 0 bridgehead atoms. The van der Waals surface area contributed by atoms with Crippen LogP contribution >= 0.6 is 24.0 Å². The zero-order valence-electron chi connectivity index (χ0n) is 18.2. The summed E-state index contributed by atoms with van der Waals surface area (Å²) in [5, 5.41) is 6.73. The molecule has 2 heterocycles. The fourth-order valence-electron chi connectivity index (χ4n) is 3.68. The molecule has 0 spiro atoms. The number of aromatic nitrogens is 1. The maximum atomic E-state index is 11.9. The van der Waals surface area contributed by atoms with Gasteiger partial charge in [-0.15, -0.1) is 24.0 Å². The number of ether oxygens (including phenoxy) is 1. The van der Waals surface area contributed by atoms with Gasteiger partial charge in [0.15, 0.2) is 5.96 Å². The third-order valence-electron chi connectivity index (χ3n) is 5.42. The number of nitrogens with one attached hydrogen (secondary N) is 2. The summed E-state index contributed by atoms with van der Waals surface area (Å²) in [5.74, 6) is 1.81. The van der Waals surface area contributed by atoms with E-state index < -0.39 is 0 Å². The van der Waals surface area contributed by atoms with Crippen LogP contribution in [0.5, 0.6) is 5.75 Å². The minimum absolute atomic E-state index is 0. The van der Waals surface area contributed by atoms with E-state index in [4.69, 9.17) is 4.74 Å². The van der Waals surface area contributed by atoms with Gasteiger partial charge >= 0.3 is 0 Å². The molecule has 1 aliphatic rings. The van der Waals surface area contributed by atoms with Crippen molar-refractivity contribution in [1.29, 1.82) is 0 Å². The Labute approximate surface area is 205 Å². The lowest BCUT2D eigenvalue weighted by molar-refractivity contribution is 0.357. The normalized spacial score (nSPS) is 12.5. The van der Waals surface area contributed by atoms with E-state index in [9.17, 15) is 4.79 Å². The largest absolute Gasteiger partial charge is 0.493 e. The van der Waals surface area contributed by atoms with Gasteiger partial charge in [-0.25, -0.2) is 0 Å². The lowest BCUT2D eigenvalue weighted by Crippen LogP contribution is -2.37. The van der Waals surface area contributed by atoms with Crippen LogP contribution in [0.1, 0.15) is 22.3 Å². The SMILES string of the molecule is CN=C(NCCc1ccc2c(c1)CCO2)NCc1ccc(Cn2ccccc2=O)cc1.I. The summed E-state index contributed by atoms with van der Waals surface area (Å²) < 4.78 is 7.27. The van der Waals surface area contributed by atoms with Crippen molar-refractivity contribution < 1.29 is 4.74 Å². The summed E-state index contributed by atoms with van der Waals surface area (Å²) in [6.07, 6.45) is 3.74. The Morgan fingerprint density at radius 3 is 2.59 bits per heavy atom. The summed E-state index contributed by atoms with van der Waals surface area (Å²) in [6.45, 7) is 2.86. The summed E-state index contributed by atoms with van der Waals surface area (Å²) in [4.78, 5) is 16.2. The van der Waals surface area contributed by atoms with Gasteiger partial charge in [-0.1, -0.05) is 42.5 Å². The van der Waals surface area contributed by atoms with E-state index in [0.717, 1.165) is 48.8 Å². The Morgan fingerprint density at radius 2 is 1.81 bits per heavy atom. The summed E-state index contributed by atoms with van der Waals surface area (Å²) in [5.41, 5.74) is 4.88. The molecule has 4 rings (SSSR count). The van der Waals surface area contributed by atoms with E-state index in [2.05, 4.69) is 58.1 Å². The highest BCUT2D eigenvalue weighted by molar-refractivity contribution is 14.0. The van der Waals surface area contributed by atoms with Crippen LogP contribution in [0.15, 0.2) is 76.6 Å². The molecule has 1 aliphatic heterocycles. The van der Waals surface area contributed by atoms with Gasteiger partial charge in [-0.05, 0) is 40.8 Å². The molecule has 0 unspecified atom stereocenters. The molecule has 0 saturated heterocycles. The number of rotatable bonds is 7. The average Bonchev–Trinajstić information content (AvgIpc) is 3.26. The van der Waals surface area contributed by atoms with Crippen LogP contribution in [-0.2, 0) is 25.9 Å². The Balaban J connectivity index is 0.00000289. The van der Waals surface area contributed by atoms with Gasteiger partial charge in [-0.3, -0.25) is 9.79 Å². The third kappa shape index (κ3) is 6.35. The Bertz CT molecular complexity index is 1110. The molecule has 0 atom stereocenters. The van der Waals surface area contributed by atoms with E-state index >= 15 is 0 Å². The van der Waals surface area contributed by atoms with Crippen molar-refractivity contribution in [3.05, 3.63) is 99.5 Å². The first-order chi connectivity index (χ1) is 15.2. The molecular formula is C25H29IN4O2. The molecular weight excluding hydrogens is 515 g/mol. The van der Waals surface area contributed by atoms with E-state index in [0.29, 0.717) is 13.1 Å². The van der Waals surface area contributed by atoms with Gasteiger partial charge in [0, 0.05) is 38.8 Å². The molecule has 2 aromatic carbocycles. The number of benzene rings is 2. The Kier molecular flexibility index (Phi) is 8.72. The van der Waals surface area contributed by atoms with Crippen molar-refractivity contribution in [2.75, 3.05) is 20.2 Å². The molecule has 0 amide bonds. The number of nitrogens with zero attached hydrogens (tertiary/aromatic N) is 2. The molecule has 6 nitrogen and oxygen atoms in total. The lowest BCUT2D eigenvalue weighted by atomic mass is 10.1. The number of fused-ring (bicyclic) bond motifs is 1. The van der Waals surface area contributed by atoms with Gasteiger partial charge in [-0.2, -0.15) is 0 Å². The highest BCUT2D eigenvalue weighted by Gasteiger charge is 2.11. The number of aliphatic imine (C=N–C) groups is 1. The fourth-order valence-corrected chi connectivity index (χ4v) is 3.68. The van der Waals surface area contributed by atoms with Crippen molar-refractivity contribution in [2.24, 2.45) is 4.99 Å². The Morgan fingerprint density at radius 1 is 1.03 bits per heavy atom. The van der Waals surface area contributed by atoms with E-state index in [-0.39, 0.29) is 29.5 Å². The highest BCUT2D eigenvalue weighted by atomic mass is 127. The summed E-state index contributed by atoms with van der Waals surface area (Å²) in [6, 6.07) is 19.9. The van der Waals surface area contributed by atoms with E-state index in [1.54, 1.807) is 23.7 Å². The molecule has 1 aromatic heterocycles. The van der Waals surface area contributed by atoms with E-state index in [1.165, 1.54) is 11.1 Å². The molecule has 7 heteroatoms. The van der Waals surface area contributed by atoms with Gasteiger partial charge in [0.2, 0.25) is 0 Å². The predicted octanol–water partition coefficient (Wildman–Crippen LogP) is 3.36. The number of guanidine groups is 1. The van der Waals surface area contributed by atoms with Crippen LogP contribution in [0.2, 0.25) is 0 Å². The topological polar surface area (TPSA) is 67.7 Å². The molecule has 0 aliphatic carbocycles. The predicted molar refractivity (Wildman–Crippen MR) is 139 cm³/mol. The minimum atomic E-state index is 0. The van der Waals surface area contributed by atoms with Crippen LogP contribution < -0.4 is 20.9 Å². The maximum Gasteiger partial charge on any atom is 0.250 e. The van der Waals surface area contributed by atoms with Gasteiger partial charge < -0.3 is 19.9 Å². The highest BCUT2D eigenvalue weighted by Crippen LogP contribution is 2.25. The second kappa shape index (κ2) is 11.7. The van der Waals surface area contributed by atoms with Crippen molar-refractivity contribution in [2.45, 2.75) is 25.9 Å². The monoisotopic (exact) mass is 544 g/mol. The molecule has 2 N–H and O–H groups in total. The first-order valence-electron chi connectivity index (χ1n) is 10.6. The number of hydrogen-bond donors (Lipinski definition) is 2. The first-order valence-corrected chi connectivity index (χ1v) is 10.6. The molecule has 3 aromatic rings. The summed E-state index contributed by atoms with van der Waals surface area (Å²) in [7, 11) is 1.78. The second-order valence-corrected chi connectivity index (χ2v) is 7.63. The molecule has 0 fully saturated rings. The lowest BCUT2D eigenvalue weighted by Gasteiger charge is -2.13. The van der Waals surface area contributed by atoms with Crippen LogP contribution in [0.4, 0.5) is 0 Å². The quantitative estimate of drug-likeness (QED) is 0.272. The Hall–Kier alpha value is -2.81.